The summed E-state index contributed by atoms with van der Waals surface area (Å²) in [6.07, 6.45) is -0.152. The van der Waals surface area contributed by atoms with Gasteiger partial charge in [0.25, 0.3) is 0 Å². The average molecular weight is 183 g/mol. The molecule has 1 aromatic rings. The molecule has 3 N–H and O–H groups in total. The van der Waals surface area contributed by atoms with Crippen molar-refractivity contribution >= 4 is 11.8 Å². The number of hydrogen-bond acceptors (Lipinski definition) is 4. The van der Waals surface area contributed by atoms with Crippen molar-refractivity contribution in [2.24, 2.45) is 0 Å². The lowest BCUT2D eigenvalue weighted by Crippen LogP contribution is -2.13. The summed E-state index contributed by atoms with van der Waals surface area (Å²) in [6, 6.07) is 0. The number of aromatic nitrogens is 2. The third kappa shape index (κ3) is 1.99. The first-order valence-corrected chi connectivity index (χ1v) is 4.03. The maximum Gasteiger partial charge on any atom is 0.344 e. The van der Waals surface area contributed by atoms with Gasteiger partial charge in [-0.25, -0.2) is 4.79 Å². The van der Waals surface area contributed by atoms with Gasteiger partial charge in [0.05, 0.1) is 6.10 Å². The van der Waals surface area contributed by atoms with Gasteiger partial charge in [-0.2, -0.15) is 5.10 Å². The molecule has 0 aliphatic rings. The summed E-state index contributed by atoms with van der Waals surface area (Å²) in [6.45, 7) is 5.29. The number of hydrogen-bond donors (Lipinski definition) is 2. The number of carbonyl (C=O) groups is 1. The summed E-state index contributed by atoms with van der Waals surface area (Å²) < 4.78 is 4.98. The first-order chi connectivity index (χ1) is 6.02. The number of nitrogens with zero attached hydrogens (tertiary/aromatic N) is 1. The third-order valence-corrected chi connectivity index (χ3v) is 1.52. The Morgan fingerprint density at radius 2 is 2.23 bits per heavy atom. The highest BCUT2D eigenvalue weighted by atomic mass is 16.5. The highest BCUT2D eigenvalue weighted by molar-refractivity contribution is 5.95. The molecule has 0 saturated carbocycles. The minimum Gasteiger partial charge on any atom is -0.459 e. The van der Waals surface area contributed by atoms with Crippen molar-refractivity contribution in [3.63, 3.8) is 0 Å². The number of H-pyrrole nitrogens is 1. The fraction of sp³-hybridized carbons (Fsp3) is 0.500. The van der Waals surface area contributed by atoms with E-state index in [-0.39, 0.29) is 11.9 Å². The maximum absolute atomic E-state index is 11.4. The van der Waals surface area contributed by atoms with Crippen LogP contribution in [-0.2, 0) is 4.74 Å². The van der Waals surface area contributed by atoms with Gasteiger partial charge in [0.2, 0.25) is 0 Å². The highest BCUT2D eigenvalue weighted by Gasteiger charge is 2.18. The Labute approximate surface area is 76.3 Å². The lowest BCUT2D eigenvalue weighted by molar-refractivity contribution is 0.0378. The molecule has 72 valence electrons. The second-order valence-corrected chi connectivity index (χ2v) is 3.06. The highest BCUT2D eigenvalue weighted by Crippen LogP contribution is 2.14. The Bertz CT molecular complexity index is 298. The number of ether oxygens (including phenoxy) is 1. The summed E-state index contributed by atoms with van der Waals surface area (Å²) in [5, 5.41) is 6.31. The zero-order valence-electron chi connectivity index (χ0n) is 7.92. The summed E-state index contributed by atoms with van der Waals surface area (Å²) in [5.74, 6) is -0.248. The lowest BCUT2D eigenvalue weighted by Gasteiger charge is -2.06. The van der Waals surface area contributed by atoms with Crippen molar-refractivity contribution in [1.82, 2.24) is 10.2 Å². The fourth-order valence-corrected chi connectivity index (χ4v) is 0.979. The molecule has 5 heteroatoms. The Kier molecular flexibility index (Phi) is 2.55. The predicted molar refractivity (Wildman–Crippen MR) is 48.3 cm³/mol. The number of carbonyl (C=O) groups excluding carboxylic acids is 1. The molecule has 0 saturated heterocycles. The molecule has 0 amide bonds. The van der Waals surface area contributed by atoms with Crippen LogP contribution in [0.15, 0.2) is 0 Å². The van der Waals surface area contributed by atoms with Gasteiger partial charge in [-0.1, -0.05) is 0 Å². The summed E-state index contributed by atoms with van der Waals surface area (Å²) in [7, 11) is 0. The van der Waals surface area contributed by atoms with Crippen LogP contribution in [0, 0.1) is 6.92 Å². The van der Waals surface area contributed by atoms with Gasteiger partial charge < -0.3 is 10.5 Å². The Morgan fingerprint density at radius 3 is 2.62 bits per heavy atom. The molecule has 0 spiro atoms. The number of nitrogens with one attached hydrogen (secondary N) is 1. The van der Waals surface area contributed by atoms with Crippen molar-refractivity contribution in [2.75, 3.05) is 5.73 Å². The van der Waals surface area contributed by atoms with E-state index in [0.717, 1.165) is 0 Å². The van der Waals surface area contributed by atoms with Crippen LogP contribution < -0.4 is 5.73 Å². The molecule has 0 aliphatic carbocycles. The minimum absolute atomic E-state index is 0.152. The van der Waals surface area contributed by atoms with Crippen LogP contribution in [0.4, 0.5) is 5.82 Å². The number of anilines is 1. The van der Waals surface area contributed by atoms with E-state index in [1.165, 1.54) is 0 Å². The van der Waals surface area contributed by atoms with E-state index in [2.05, 4.69) is 10.2 Å². The monoisotopic (exact) mass is 183 g/mol. The molecular formula is C8H13N3O2. The predicted octanol–water partition coefficient (Wildman–Crippen LogP) is 0.866. The molecule has 0 bridgehead atoms. The molecule has 1 heterocycles. The average Bonchev–Trinajstić information content (AvgIpc) is 2.29. The Hall–Kier alpha value is -1.52. The number of esters is 1. The van der Waals surface area contributed by atoms with Crippen LogP contribution in [0.1, 0.15) is 29.9 Å². The van der Waals surface area contributed by atoms with E-state index in [9.17, 15) is 4.79 Å². The van der Waals surface area contributed by atoms with Crippen molar-refractivity contribution in [3.05, 3.63) is 11.3 Å². The van der Waals surface area contributed by atoms with Crippen LogP contribution in [0.3, 0.4) is 0 Å². The second kappa shape index (κ2) is 3.47. The fourth-order valence-electron chi connectivity index (χ4n) is 0.979. The van der Waals surface area contributed by atoms with E-state index in [4.69, 9.17) is 10.5 Å². The van der Waals surface area contributed by atoms with Crippen LogP contribution in [0.25, 0.3) is 0 Å². The Balaban J connectivity index is 2.88. The molecular weight excluding hydrogens is 170 g/mol. The van der Waals surface area contributed by atoms with Crippen molar-refractivity contribution in [1.29, 1.82) is 0 Å². The number of nitrogens with two attached hydrogens (primary N) is 1. The normalized spacial score (nSPS) is 10.5. The largest absolute Gasteiger partial charge is 0.459 e. The van der Waals surface area contributed by atoms with E-state index in [1.807, 2.05) is 0 Å². The first-order valence-electron chi connectivity index (χ1n) is 4.03. The van der Waals surface area contributed by atoms with Crippen LogP contribution in [-0.4, -0.2) is 22.3 Å². The Morgan fingerprint density at radius 1 is 1.62 bits per heavy atom. The number of aryl methyl sites for hydroxylation is 1. The zero-order valence-corrected chi connectivity index (χ0v) is 7.92. The molecule has 1 rings (SSSR count). The molecule has 0 atom stereocenters. The standard InChI is InChI=1S/C8H13N3O2/c1-4(2)13-8(12)6-5(3)10-11-7(6)9/h4H,1-3H3,(H3,9,10,11). The van der Waals surface area contributed by atoms with Crippen LogP contribution in [0.2, 0.25) is 0 Å². The molecule has 5 nitrogen and oxygen atoms in total. The molecule has 0 aromatic carbocycles. The molecule has 0 unspecified atom stereocenters. The van der Waals surface area contributed by atoms with Crippen LogP contribution >= 0.6 is 0 Å². The van der Waals surface area contributed by atoms with Gasteiger partial charge in [-0.05, 0) is 20.8 Å². The lowest BCUT2D eigenvalue weighted by atomic mass is 10.2. The summed E-state index contributed by atoms with van der Waals surface area (Å²) in [4.78, 5) is 11.4. The SMILES string of the molecule is Cc1[nH]nc(N)c1C(=O)OC(C)C. The number of rotatable bonds is 2. The van der Waals surface area contributed by atoms with Crippen molar-refractivity contribution in [3.8, 4) is 0 Å². The number of nitrogen functional groups attached to an aromatic ring is 1. The minimum atomic E-state index is -0.432. The molecule has 13 heavy (non-hydrogen) atoms. The van der Waals surface area contributed by atoms with Gasteiger partial charge >= 0.3 is 5.97 Å². The van der Waals surface area contributed by atoms with Gasteiger partial charge in [-0.3, -0.25) is 5.10 Å². The van der Waals surface area contributed by atoms with Crippen molar-refractivity contribution < 1.29 is 9.53 Å². The quantitative estimate of drug-likeness (QED) is 0.666. The second-order valence-electron chi connectivity index (χ2n) is 3.06. The molecule has 0 aliphatic heterocycles. The van der Waals surface area contributed by atoms with Gasteiger partial charge in [0.1, 0.15) is 5.56 Å². The molecule has 1 aromatic heterocycles. The van der Waals surface area contributed by atoms with Crippen LogP contribution in [0.5, 0.6) is 0 Å². The van der Waals surface area contributed by atoms with Crippen molar-refractivity contribution in [2.45, 2.75) is 26.9 Å². The topological polar surface area (TPSA) is 81.0 Å². The number of aromatic amines is 1. The molecule has 0 radical (unpaired) electrons. The van der Waals surface area contributed by atoms with E-state index < -0.39 is 5.97 Å². The van der Waals surface area contributed by atoms with Gasteiger partial charge in [0.15, 0.2) is 5.82 Å². The van der Waals surface area contributed by atoms with E-state index in [0.29, 0.717) is 11.3 Å². The molecule has 0 fully saturated rings. The first kappa shape index (κ1) is 9.57. The van der Waals surface area contributed by atoms with E-state index >= 15 is 0 Å². The summed E-state index contributed by atoms with van der Waals surface area (Å²) >= 11 is 0. The maximum atomic E-state index is 11.4. The van der Waals surface area contributed by atoms with Gasteiger partial charge in [-0.15, -0.1) is 0 Å². The smallest absolute Gasteiger partial charge is 0.344 e. The third-order valence-electron chi connectivity index (χ3n) is 1.52. The summed E-state index contributed by atoms with van der Waals surface area (Å²) in [5.41, 5.74) is 6.43. The van der Waals surface area contributed by atoms with Gasteiger partial charge in [0, 0.05) is 5.69 Å². The zero-order chi connectivity index (χ0) is 10.0. The van der Waals surface area contributed by atoms with E-state index in [1.54, 1.807) is 20.8 Å².